The van der Waals surface area contributed by atoms with Gasteiger partial charge in [0.05, 0.1) is 11.3 Å². The Balaban J connectivity index is 1.36. The Bertz CT molecular complexity index is 852. The molecule has 1 aliphatic carbocycles. The Morgan fingerprint density at radius 1 is 1.22 bits per heavy atom. The van der Waals surface area contributed by atoms with Crippen LogP contribution in [0.4, 0.5) is 0 Å². The van der Waals surface area contributed by atoms with Gasteiger partial charge in [0.1, 0.15) is 11.8 Å². The predicted octanol–water partition coefficient (Wildman–Crippen LogP) is 3.40. The molecule has 1 aromatic rings. The van der Waals surface area contributed by atoms with Crippen LogP contribution in [-0.4, -0.2) is 65.8 Å². The SMILES string of the molecule is CCOC(OCC)[C@@H]1CCCN1C(=O)[C@H]1NCSC1C(=O)CCC1=Cc2ccccc2C1. The summed E-state index contributed by atoms with van der Waals surface area (Å²) < 4.78 is 11.6. The van der Waals surface area contributed by atoms with E-state index in [-0.39, 0.29) is 23.0 Å². The van der Waals surface area contributed by atoms with Crippen molar-refractivity contribution in [2.45, 2.75) is 69.6 Å². The van der Waals surface area contributed by atoms with Gasteiger partial charge in [-0.05, 0) is 50.7 Å². The lowest BCUT2D eigenvalue weighted by molar-refractivity contribution is -0.175. The number of nitrogens with zero attached hydrogens (tertiary/aromatic N) is 1. The van der Waals surface area contributed by atoms with E-state index < -0.39 is 12.3 Å². The van der Waals surface area contributed by atoms with Crippen LogP contribution < -0.4 is 5.32 Å². The highest BCUT2D eigenvalue weighted by molar-refractivity contribution is 8.00. The van der Waals surface area contributed by atoms with Gasteiger partial charge in [-0.2, -0.15) is 0 Å². The number of amides is 1. The molecule has 0 aromatic heterocycles. The highest BCUT2D eigenvalue weighted by atomic mass is 32.2. The molecule has 6 nitrogen and oxygen atoms in total. The van der Waals surface area contributed by atoms with Crippen LogP contribution in [0.3, 0.4) is 0 Å². The van der Waals surface area contributed by atoms with Crippen LogP contribution >= 0.6 is 11.8 Å². The first-order chi connectivity index (χ1) is 15.6. The van der Waals surface area contributed by atoms with Gasteiger partial charge in [0.2, 0.25) is 5.91 Å². The lowest BCUT2D eigenvalue weighted by Crippen LogP contribution is -2.54. The van der Waals surface area contributed by atoms with E-state index in [4.69, 9.17) is 9.47 Å². The van der Waals surface area contributed by atoms with Crippen molar-refractivity contribution in [3.63, 3.8) is 0 Å². The van der Waals surface area contributed by atoms with Crippen molar-refractivity contribution >= 4 is 29.5 Å². The van der Waals surface area contributed by atoms with Crippen LogP contribution in [-0.2, 0) is 25.5 Å². The zero-order valence-electron chi connectivity index (χ0n) is 19.0. The molecule has 174 valence electrons. The summed E-state index contributed by atoms with van der Waals surface area (Å²) in [6, 6.07) is 7.83. The Kier molecular flexibility index (Phi) is 8.05. The maximum atomic E-state index is 13.5. The number of carbonyl (C=O) groups is 2. The summed E-state index contributed by atoms with van der Waals surface area (Å²) in [6.07, 6.45) is 5.76. The molecule has 0 bridgehead atoms. The minimum Gasteiger partial charge on any atom is -0.351 e. The number of ketones is 1. The van der Waals surface area contributed by atoms with Gasteiger partial charge < -0.3 is 14.4 Å². The van der Waals surface area contributed by atoms with Gasteiger partial charge in [0.25, 0.3) is 0 Å². The highest BCUT2D eigenvalue weighted by Gasteiger charge is 2.44. The molecular formula is C25H34N2O4S. The molecule has 4 rings (SSSR count). The third-order valence-corrected chi connectivity index (χ3v) is 7.76. The summed E-state index contributed by atoms with van der Waals surface area (Å²) in [6.45, 7) is 5.66. The fourth-order valence-corrected chi connectivity index (χ4v) is 6.16. The van der Waals surface area contributed by atoms with Gasteiger partial charge in [-0.3, -0.25) is 14.9 Å². The largest absolute Gasteiger partial charge is 0.351 e. The molecule has 2 fully saturated rings. The van der Waals surface area contributed by atoms with E-state index in [1.807, 2.05) is 24.8 Å². The van der Waals surface area contributed by atoms with Crippen LogP contribution in [0.1, 0.15) is 50.7 Å². The number of nitrogens with one attached hydrogen (secondary N) is 1. The van der Waals surface area contributed by atoms with Crippen LogP contribution in [0.5, 0.6) is 0 Å². The molecule has 1 aromatic carbocycles. The number of hydrogen-bond donors (Lipinski definition) is 1. The van der Waals surface area contributed by atoms with Crippen LogP contribution in [0.2, 0.25) is 0 Å². The predicted molar refractivity (Wildman–Crippen MR) is 127 cm³/mol. The van der Waals surface area contributed by atoms with Gasteiger partial charge in [0, 0.05) is 32.1 Å². The third-order valence-electron chi connectivity index (χ3n) is 6.54. The fraction of sp³-hybridized carbons (Fsp3) is 0.600. The summed E-state index contributed by atoms with van der Waals surface area (Å²) in [5, 5.41) is 2.96. The number of rotatable bonds is 10. The summed E-state index contributed by atoms with van der Waals surface area (Å²) in [5.41, 5.74) is 3.89. The number of carbonyl (C=O) groups excluding carboxylic acids is 2. The van der Waals surface area contributed by atoms with E-state index in [1.165, 1.54) is 16.7 Å². The lowest BCUT2D eigenvalue weighted by Gasteiger charge is -2.33. The second kappa shape index (κ2) is 11.0. The van der Waals surface area contributed by atoms with Crippen molar-refractivity contribution < 1.29 is 19.1 Å². The summed E-state index contributed by atoms with van der Waals surface area (Å²) >= 11 is 1.56. The zero-order valence-corrected chi connectivity index (χ0v) is 19.9. The van der Waals surface area contributed by atoms with Crippen molar-refractivity contribution in [3.8, 4) is 0 Å². The molecule has 1 N–H and O–H groups in total. The molecule has 1 amide bonds. The zero-order chi connectivity index (χ0) is 22.5. The van der Waals surface area contributed by atoms with E-state index in [1.54, 1.807) is 11.8 Å². The monoisotopic (exact) mass is 458 g/mol. The first kappa shape index (κ1) is 23.5. The maximum Gasteiger partial charge on any atom is 0.241 e. The van der Waals surface area contributed by atoms with Gasteiger partial charge >= 0.3 is 0 Å². The van der Waals surface area contributed by atoms with Gasteiger partial charge in [-0.15, -0.1) is 11.8 Å². The van der Waals surface area contributed by atoms with E-state index in [2.05, 4.69) is 29.6 Å². The number of thioether (sulfide) groups is 1. The minimum atomic E-state index is -0.466. The van der Waals surface area contributed by atoms with Crippen molar-refractivity contribution in [1.82, 2.24) is 10.2 Å². The maximum absolute atomic E-state index is 13.5. The standard InChI is InChI=1S/C25H34N2O4S/c1-3-30-25(31-4-2)20-10-7-13-27(20)24(29)22-23(32-16-26-22)21(28)12-11-17-14-18-8-5-6-9-19(18)15-17/h5-6,8-9,14,20,22-23,25-26H,3-4,7,10-13,15-16H2,1-2H3/t20-,22-,23?/m0/s1. The van der Waals surface area contributed by atoms with Crippen molar-refractivity contribution in [2.75, 3.05) is 25.6 Å². The lowest BCUT2D eigenvalue weighted by atomic mass is 10.0. The number of likely N-dealkylation sites (tertiary alicyclic amines) is 1. The normalized spacial score (nSPS) is 24.8. The molecule has 7 heteroatoms. The number of hydrogen-bond acceptors (Lipinski definition) is 6. The van der Waals surface area contributed by atoms with Crippen molar-refractivity contribution in [1.29, 1.82) is 0 Å². The van der Waals surface area contributed by atoms with E-state index in [0.717, 1.165) is 25.7 Å². The first-order valence-electron chi connectivity index (χ1n) is 11.8. The summed E-state index contributed by atoms with van der Waals surface area (Å²) in [4.78, 5) is 28.5. The van der Waals surface area contributed by atoms with Gasteiger partial charge in [0.15, 0.2) is 6.29 Å². The second-order valence-corrected chi connectivity index (χ2v) is 9.71. The molecule has 2 saturated heterocycles. The summed E-state index contributed by atoms with van der Waals surface area (Å²) in [7, 11) is 0. The molecule has 32 heavy (non-hydrogen) atoms. The Morgan fingerprint density at radius 3 is 2.75 bits per heavy atom. The fourth-order valence-electron chi connectivity index (χ4n) is 4.99. The third kappa shape index (κ3) is 5.11. The molecular weight excluding hydrogens is 424 g/mol. The number of benzene rings is 1. The molecule has 3 aliphatic rings. The number of Topliss-reactive ketones (excluding diaryl/α,β-unsaturated/α-hetero) is 1. The molecule has 0 spiro atoms. The van der Waals surface area contributed by atoms with E-state index >= 15 is 0 Å². The molecule has 0 radical (unpaired) electrons. The highest BCUT2D eigenvalue weighted by Crippen LogP contribution is 2.31. The Morgan fingerprint density at radius 2 is 2.00 bits per heavy atom. The number of fused-ring (bicyclic) bond motifs is 1. The molecule has 1 unspecified atom stereocenters. The van der Waals surface area contributed by atoms with Gasteiger partial charge in [-0.25, -0.2) is 0 Å². The average Bonchev–Trinajstić information content (AvgIpc) is 3.55. The van der Waals surface area contributed by atoms with Crippen molar-refractivity contribution in [3.05, 3.63) is 41.0 Å². The molecule has 2 heterocycles. The quantitative estimate of drug-likeness (QED) is 0.542. The van der Waals surface area contributed by atoms with Crippen LogP contribution in [0, 0.1) is 0 Å². The van der Waals surface area contributed by atoms with Gasteiger partial charge in [-0.1, -0.05) is 35.9 Å². The van der Waals surface area contributed by atoms with E-state index in [9.17, 15) is 9.59 Å². The van der Waals surface area contributed by atoms with Crippen molar-refractivity contribution in [2.24, 2.45) is 0 Å². The molecule has 0 saturated carbocycles. The number of ether oxygens (including phenoxy) is 2. The average molecular weight is 459 g/mol. The Hall–Kier alpha value is -1.67. The Labute approximate surface area is 195 Å². The summed E-state index contributed by atoms with van der Waals surface area (Å²) in [5.74, 6) is 0.796. The second-order valence-electron chi connectivity index (χ2n) is 8.58. The smallest absolute Gasteiger partial charge is 0.241 e. The molecule has 2 aliphatic heterocycles. The number of allylic oxidation sites excluding steroid dienone is 1. The van der Waals surface area contributed by atoms with E-state index in [0.29, 0.717) is 32.1 Å². The minimum absolute atomic E-state index is 0.00717. The first-order valence-corrected chi connectivity index (χ1v) is 12.9. The molecule has 3 atom stereocenters. The van der Waals surface area contributed by atoms with Crippen LogP contribution in [0.15, 0.2) is 29.8 Å². The van der Waals surface area contributed by atoms with Crippen LogP contribution in [0.25, 0.3) is 6.08 Å². The topological polar surface area (TPSA) is 67.9 Å².